The lowest BCUT2D eigenvalue weighted by molar-refractivity contribution is -0.384. The quantitative estimate of drug-likeness (QED) is 0.255. The van der Waals surface area contributed by atoms with E-state index in [1.807, 2.05) is 37.3 Å². The Morgan fingerprint density at radius 2 is 1.93 bits per heavy atom. The topological polar surface area (TPSA) is 121 Å². The highest BCUT2D eigenvalue weighted by atomic mass is 32.1. The molecular formula is C20H14N4O4S. The van der Waals surface area contributed by atoms with Crippen LogP contribution in [0.1, 0.15) is 15.2 Å². The van der Waals surface area contributed by atoms with E-state index in [0.29, 0.717) is 15.8 Å². The molecule has 8 nitrogen and oxygen atoms in total. The number of benzene rings is 2. The molecule has 0 fully saturated rings. The Balaban J connectivity index is 1.69. The molecule has 2 heterocycles. The summed E-state index contributed by atoms with van der Waals surface area (Å²) >= 11 is 1.25. The van der Waals surface area contributed by atoms with Crippen LogP contribution < -0.4 is 0 Å². The minimum absolute atomic E-state index is 0.0227. The van der Waals surface area contributed by atoms with E-state index < -0.39 is 10.8 Å². The van der Waals surface area contributed by atoms with Crippen LogP contribution in [-0.4, -0.2) is 20.9 Å². The first-order chi connectivity index (χ1) is 13.9. The molecule has 2 N–H and O–H groups in total. The lowest BCUT2D eigenvalue weighted by Crippen LogP contribution is -1.92. The minimum Gasteiger partial charge on any atom is -0.493 e. The van der Waals surface area contributed by atoms with Crippen LogP contribution in [-0.2, 0) is 0 Å². The smallest absolute Gasteiger partial charge is 0.306 e. The maximum atomic E-state index is 12.6. The van der Waals surface area contributed by atoms with Gasteiger partial charge in [-0.3, -0.25) is 14.9 Å². The van der Waals surface area contributed by atoms with Gasteiger partial charge in [-0.25, -0.2) is 0 Å². The van der Waals surface area contributed by atoms with E-state index in [9.17, 15) is 20.0 Å². The molecule has 1 amide bonds. The van der Waals surface area contributed by atoms with Gasteiger partial charge < -0.3 is 10.1 Å². The molecule has 4 rings (SSSR count). The number of thiophene rings is 1. The summed E-state index contributed by atoms with van der Waals surface area (Å²) in [5.41, 5.74) is 3.02. The van der Waals surface area contributed by atoms with Crippen molar-refractivity contribution in [2.45, 2.75) is 6.92 Å². The number of hydrogen-bond acceptors (Lipinski definition) is 6. The molecule has 0 saturated heterocycles. The maximum absolute atomic E-state index is 12.6. The van der Waals surface area contributed by atoms with Gasteiger partial charge in [-0.05, 0) is 30.0 Å². The average molecular weight is 406 g/mol. The van der Waals surface area contributed by atoms with Gasteiger partial charge in [0.15, 0.2) is 5.69 Å². The Morgan fingerprint density at radius 3 is 2.66 bits per heavy atom. The number of azo groups is 1. The Bertz CT molecular complexity index is 1270. The number of fused-ring (bicyclic) bond motifs is 1. The number of aryl methyl sites for hydroxylation is 1. The van der Waals surface area contributed by atoms with Gasteiger partial charge in [0.05, 0.1) is 10.4 Å². The number of aromatic hydroxyl groups is 1. The summed E-state index contributed by atoms with van der Waals surface area (Å²) in [5.74, 6) is -0.878. The lowest BCUT2D eigenvalue weighted by atomic mass is 10.1. The van der Waals surface area contributed by atoms with Gasteiger partial charge in [-0.2, -0.15) is 0 Å². The summed E-state index contributed by atoms with van der Waals surface area (Å²) in [6.45, 7) is 1.98. The summed E-state index contributed by atoms with van der Waals surface area (Å²) < 4.78 is 0. The largest absolute Gasteiger partial charge is 0.493 e. The summed E-state index contributed by atoms with van der Waals surface area (Å²) in [7, 11) is 0. The first-order valence-electron chi connectivity index (χ1n) is 8.53. The van der Waals surface area contributed by atoms with Gasteiger partial charge >= 0.3 is 5.91 Å². The van der Waals surface area contributed by atoms with Crippen LogP contribution in [0.25, 0.3) is 22.0 Å². The van der Waals surface area contributed by atoms with E-state index in [4.69, 9.17) is 0 Å². The van der Waals surface area contributed by atoms with Crippen molar-refractivity contribution < 1.29 is 14.8 Å². The molecule has 0 unspecified atom stereocenters. The highest BCUT2D eigenvalue weighted by Gasteiger charge is 2.17. The molecule has 0 aliphatic carbocycles. The van der Waals surface area contributed by atoms with E-state index in [1.165, 1.54) is 29.5 Å². The zero-order chi connectivity index (χ0) is 20.5. The van der Waals surface area contributed by atoms with Crippen LogP contribution in [0.3, 0.4) is 0 Å². The van der Waals surface area contributed by atoms with Gasteiger partial charge in [0, 0.05) is 23.1 Å². The number of nitrogens with one attached hydrogen (secondary N) is 1. The summed E-state index contributed by atoms with van der Waals surface area (Å²) in [5, 5.41) is 30.8. The predicted octanol–water partition coefficient (Wildman–Crippen LogP) is 5.74. The number of hydrogen-bond donors (Lipinski definition) is 2. The summed E-state index contributed by atoms with van der Waals surface area (Å²) in [6.07, 6.45) is 0. The normalized spacial score (nSPS) is 11.3. The van der Waals surface area contributed by atoms with Crippen molar-refractivity contribution in [2.75, 3.05) is 0 Å². The van der Waals surface area contributed by atoms with Crippen LogP contribution in [0, 0.1) is 17.0 Å². The number of aromatic nitrogens is 1. The number of rotatable bonds is 4. The molecule has 9 heteroatoms. The molecule has 0 radical (unpaired) electrons. The number of H-pyrrole nitrogens is 1. The zero-order valence-corrected chi connectivity index (χ0v) is 15.9. The van der Waals surface area contributed by atoms with Crippen LogP contribution >= 0.6 is 11.3 Å². The second-order valence-electron chi connectivity index (χ2n) is 6.34. The number of carbonyl (C=O) groups is 1. The lowest BCUT2D eigenvalue weighted by Gasteiger charge is -2.01. The minimum atomic E-state index is -0.560. The monoisotopic (exact) mass is 406 g/mol. The van der Waals surface area contributed by atoms with Crippen molar-refractivity contribution in [1.29, 1.82) is 0 Å². The van der Waals surface area contributed by atoms with Crippen molar-refractivity contribution in [3.8, 4) is 17.0 Å². The van der Waals surface area contributed by atoms with Crippen LogP contribution in [0.4, 0.5) is 11.4 Å². The van der Waals surface area contributed by atoms with E-state index in [2.05, 4.69) is 15.2 Å². The highest BCUT2D eigenvalue weighted by Crippen LogP contribution is 2.37. The second-order valence-corrected chi connectivity index (χ2v) is 7.26. The van der Waals surface area contributed by atoms with Crippen molar-refractivity contribution in [2.24, 2.45) is 10.2 Å². The van der Waals surface area contributed by atoms with Gasteiger partial charge in [0.25, 0.3) is 5.69 Å². The Labute approximate surface area is 168 Å². The summed E-state index contributed by atoms with van der Waals surface area (Å²) in [4.78, 5) is 26.2. The van der Waals surface area contributed by atoms with E-state index in [1.54, 1.807) is 5.38 Å². The first-order valence-corrected chi connectivity index (χ1v) is 9.41. The molecule has 29 heavy (non-hydrogen) atoms. The van der Waals surface area contributed by atoms with Gasteiger partial charge in [-0.15, -0.1) is 21.6 Å². The van der Waals surface area contributed by atoms with E-state index >= 15 is 0 Å². The fourth-order valence-electron chi connectivity index (χ4n) is 2.94. The molecular weight excluding hydrogens is 392 g/mol. The van der Waals surface area contributed by atoms with Gasteiger partial charge in [-0.1, -0.05) is 29.8 Å². The van der Waals surface area contributed by atoms with Crippen molar-refractivity contribution in [3.05, 3.63) is 74.5 Å². The fraction of sp³-hybridized carbons (Fsp3) is 0.0500. The maximum Gasteiger partial charge on any atom is 0.306 e. The molecule has 0 saturated carbocycles. The molecule has 2 aromatic carbocycles. The standard InChI is InChI=1S/C20H14N4O4S/c1-11-2-4-12(5-3-11)14-8-9-29-18(14)20(26)23-22-17-15-10-13(24(27)28)6-7-16(15)21-19(17)25/h2-10,21,25H,1H3. The SMILES string of the molecule is Cc1ccc(-c2ccsc2C(=O)N=Nc2c(O)[nH]c3ccc([N+](=O)[O-])cc23)cc1. The van der Waals surface area contributed by atoms with Gasteiger partial charge in [0.1, 0.15) is 4.88 Å². The molecule has 0 bridgehead atoms. The third-order valence-corrected chi connectivity index (χ3v) is 5.31. The zero-order valence-electron chi connectivity index (χ0n) is 15.1. The molecule has 0 aliphatic heterocycles. The average Bonchev–Trinajstić information content (AvgIpc) is 3.30. The molecule has 0 atom stereocenters. The predicted molar refractivity (Wildman–Crippen MR) is 110 cm³/mol. The third-order valence-electron chi connectivity index (χ3n) is 4.41. The second kappa shape index (κ2) is 7.28. The third kappa shape index (κ3) is 3.50. The Kier molecular flexibility index (Phi) is 4.65. The molecule has 4 aromatic rings. The number of aromatic amines is 1. The van der Waals surface area contributed by atoms with Crippen molar-refractivity contribution in [3.63, 3.8) is 0 Å². The fourth-order valence-corrected chi connectivity index (χ4v) is 3.74. The van der Waals surface area contributed by atoms with Crippen LogP contribution in [0.15, 0.2) is 64.1 Å². The molecule has 144 valence electrons. The van der Waals surface area contributed by atoms with Gasteiger partial charge in [0.2, 0.25) is 5.88 Å². The van der Waals surface area contributed by atoms with E-state index in [-0.39, 0.29) is 17.3 Å². The number of amides is 1. The summed E-state index contributed by atoms with van der Waals surface area (Å²) in [6, 6.07) is 13.6. The van der Waals surface area contributed by atoms with Crippen molar-refractivity contribution >= 4 is 39.5 Å². The number of non-ortho nitro benzene ring substituents is 1. The Morgan fingerprint density at radius 1 is 1.17 bits per heavy atom. The highest BCUT2D eigenvalue weighted by molar-refractivity contribution is 7.12. The number of nitro groups is 1. The van der Waals surface area contributed by atoms with E-state index in [0.717, 1.165) is 16.7 Å². The molecule has 0 aliphatic rings. The van der Waals surface area contributed by atoms with Crippen LogP contribution in [0.5, 0.6) is 5.88 Å². The number of carbonyl (C=O) groups excluding carboxylic acids is 1. The number of nitrogens with zero attached hydrogens (tertiary/aromatic N) is 3. The van der Waals surface area contributed by atoms with Crippen LogP contribution in [0.2, 0.25) is 0 Å². The molecule has 0 spiro atoms. The number of nitro benzene ring substituents is 1. The molecule has 2 aromatic heterocycles. The van der Waals surface area contributed by atoms with Crippen molar-refractivity contribution in [1.82, 2.24) is 4.98 Å². The Hall–Kier alpha value is -3.85. The first kappa shape index (κ1) is 18.5.